The first kappa shape index (κ1) is 25.2. The van der Waals surface area contributed by atoms with Gasteiger partial charge in [-0.25, -0.2) is 4.39 Å². The third-order valence-electron chi connectivity index (χ3n) is 5.54. The Morgan fingerprint density at radius 1 is 0.844 bits per heavy atom. The normalized spacial score (nSPS) is 40.2. The largest absolute Gasteiger partial charge is 0.491 e. The fourth-order valence-electron chi connectivity index (χ4n) is 3.80. The van der Waals surface area contributed by atoms with Crippen LogP contribution in [0.15, 0.2) is 24.3 Å². The summed E-state index contributed by atoms with van der Waals surface area (Å²) in [6.07, 6.45) is -14.8. The molecule has 2 aliphatic heterocycles. The summed E-state index contributed by atoms with van der Waals surface area (Å²) in [5.41, 5.74) is 0.390. The monoisotopic (exact) mass is 464 g/mol. The molecule has 7 N–H and O–H groups in total. The van der Waals surface area contributed by atoms with E-state index in [1.807, 2.05) is 0 Å². The van der Waals surface area contributed by atoms with Crippen molar-refractivity contribution in [3.8, 4) is 5.75 Å². The van der Waals surface area contributed by atoms with E-state index in [1.54, 1.807) is 18.2 Å². The van der Waals surface area contributed by atoms with Crippen LogP contribution in [0.25, 0.3) is 0 Å². The van der Waals surface area contributed by atoms with Gasteiger partial charge in [0.15, 0.2) is 6.29 Å². The summed E-state index contributed by atoms with van der Waals surface area (Å²) >= 11 is 0. The van der Waals surface area contributed by atoms with Gasteiger partial charge >= 0.3 is 0 Å². The highest BCUT2D eigenvalue weighted by Crippen LogP contribution is 2.36. The maximum atomic E-state index is 12.4. The van der Waals surface area contributed by atoms with Crippen molar-refractivity contribution in [2.24, 2.45) is 0 Å². The highest BCUT2D eigenvalue weighted by molar-refractivity contribution is 5.31. The summed E-state index contributed by atoms with van der Waals surface area (Å²) in [4.78, 5) is 0. The van der Waals surface area contributed by atoms with E-state index in [9.17, 15) is 40.1 Å². The Balaban J connectivity index is 1.82. The van der Waals surface area contributed by atoms with Crippen molar-refractivity contribution in [3.05, 3.63) is 29.8 Å². The number of halogens is 1. The molecule has 12 heteroatoms. The summed E-state index contributed by atoms with van der Waals surface area (Å²) in [7, 11) is 0. The second kappa shape index (κ2) is 11.1. The zero-order valence-electron chi connectivity index (χ0n) is 17.1. The van der Waals surface area contributed by atoms with Crippen molar-refractivity contribution >= 4 is 0 Å². The highest BCUT2D eigenvalue weighted by atomic mass is 19.1. The lowest BCUT2D eigenvalue weighted by Crippen LogP contribution is -2.63. The standard InChI is InChI=1S/C20H29FO11/c21-4-5-29-10-3-1-2-9(6-10)18-17(28)19(14(25)12(8-23)30-18)32-20-16(27)15(26)13(24)11(7-22)31-20/h1-3,6,11-20,22-28H,4-5,7-8H2/t11-,12-,13-,14+,15+,16+,17+,18-,19+,20-/m1/s1. The van der Waals surface area contributed by atoms with E-state index >= 15 is 0 Å². The molecule has 182 valence electrons. The van der Waals surface area contributed by atoms with Gasteiger partial charge in [0.2, 0.25) is 0 Å². The van der Waals surface area contributed by atoms with Crippen LogP contribution >= 0.6 is 0 Å². The molecule has 0 unspecified atom stereocenters. The lowest BCUT2D eigenvalue weighted by atomic mass is 9.90. The van der Waals surface area contributed by atoms with Gasteiger partial charge in [-0.3, -0.25) is 0 Å². The molecule has 0 spiro atoms. The van der Waals surface area contributed by atoms with Gasteiger partial charge in [-0.2, -0.15) is 0 Å². The molecule has 10 atom stereocenters. The molecular weight excluding hydrogens is 435 g/mol. The summed E-state index contributed by atoms with van der Waals surface area (Å²) in [6, 6.07) is 6.26. The molecule has 2 saturated heterocycles. The van der Waals surface area contributed by atoms with Crippen molar-refractivity contribution in [1.29, 1.82) is 0 Å². The zero-order valence-corrected chi connectivity index (χ0v) is 17.1. The van der Waals surface area contributed by atoms with Gasteiger partial charge in [-0.1, -0.05) is 12.1 Å². The van der Waals surface area contributed by atoms with Gasteiger partial charge in [0.05, 0.1) is 13.2 Å². The molecule has 0 radical (unpaired) electrons. The minimum Gasteiger partial charge on any atom is -0.491 e. The molecule has 3 rings (SSSR count). The van der Waals surface area contributed by atoms with Gasteiger partial charge in [-0.05, 0) is 17.7 Å². The van der Waals surface area contributed by atoms with Crippen molar-refractivity contribution in [2.45, 2.75) is 61.2 Å². The van der Waals surface area contributed by atoms with Crippen molar-refractivity contribution in [1.82, 2.24) is 0 Å². The lowest BCUT2D eigenvalue weighted by Gasteiger charge is -2.46. The number of hydrogen-bond acceptors (Lipinski definition) is 11. The van der Waals surface area contributed by atoms with Crippen LogP contribution in [0, 0.1) is 0 Å². The van der Waals surface area contributed by atoms with Crippen LogP contribution in [0.3, 0.4) is 0 Å². The SMILES string of the molecule is OC[C@H]1O[C@H](c2cccc(OCCF)c2)[C@H](O)[C@@H](O[C@H]2O[C@H](CO)[C@@H](O)[C@H](O)[C@@H]2O)[C@H]1O. The Bertz CT molecular complexity index is 723. The van der Waals surface area contributed by atoms with Crippen LogP contribution in [0.2, 0.25) is 0 Å². The van der Waals surface area contributed by atoms with Crippen LogP contribution < -0.4 is 4.74 Å². The van der Waals surface area contributed by atoms with Gasteiger partial charge in [0.1, 0.15) is 74.0 Å². The third kappa shape index (κ3) is 5.20. The molecule has 0 saturated carbocycles. The molecular formula is C20H29FO11. The lowest BCUT2D eigenvalue weighted by molar-refractivity contribution is -0.342. The van der Waals surface area contributed by atoms with E-state index in [0.717, 1.165) is 0 Å². The second-order valence-electron chi connectivity index (χ2n) is 7.67. The summed E-state index contributed by atoms with van der Waals surface area (Å²) in [5, 5.41) is 70.5. The average molecular weight is 464 g/mol. The van der Waals surface area contributed by atoms with E-state index in [4.69, 9.17) is 18.9 Å². The molecule has 11 nitrogen and oxygen atoms in total. The van der Waals surface area contributed by atoms with E-state index in [0.29, 0.717) is 11.3 Å². The van der Waals surface area contributed by atoms with Crippen molar-refractivity contribution in [3.63, 3.8) is 0 Å². The quantitative estimate of drug-likeness (QED) is 0.214. The maximum Gasteiger partial charge on any atom is 0.187 e. The Morgan fingerprint density at radius 3 is 2.19 bits per heavy atom. The van der Waals surface area contributed by atoms with Crippen LogP contribution in [0.4, 0.5) is 4.39 Å². The number of alkyl halides is 1. The fraction of sp³-hybridized carbons (Fsp3) is 0.700. The molecule has 0 aliphatic carbocycles. The Kier molecular flexibility index (Phi) is 8.75. The molecule has 2 fully saturated rings. The summed E-state index contributed by atoms with van der Waals surface area (Å²) in [5.74, 6) is 0.314. The molecule has 1 aromatic carbocycles. The number of rotatable bonds is 8. The first-order chi connectivity index (χ1) is 15.3. The van der Waals surface area contributed by atoms with Crippen LogP contribution in [-0.4, -0.2) is 117 Å². The van der Waals surface area contributed by atoms with Gasteiger partial charge in [0.25, 0.3) is 0 Å². The number of hydrogen-bond donors (Lipinski definition) is 7. The van der Waals surface area contributed by atoms with Crippen molar-refractivity contribution < 1.29 is 59.1 Å². The molecule has 2 aliphatic rings. The topological polar surface area (TPSA) is 179 Å². The second-order valence-corrected chi connectivity index (χ2v) is 7.67. The zero-order chi connectivity index (χ0) is 23.4. The highest BCUT2D eigenvalue weighted by Gasteiger charge is 2.50. The van der Waals surface area contributed by atoms with Gasteiger partial charge in [-0.15, -0.1) is 0 Å². The Hall–Kier alpha value is -1.45. The van der Waals surface area contributed by atoms with E-state index in [1.165, 1.54) is 6.07 Å². The summed E-state index contributed by atoms with van der Waals surface area (Å²) in [6.45, 7) is -2.17. The third-order valence-corrected chi connectivity index (χ3v) is 5.54. The smallest absolute Gasteiger partial charge is 0.187 e. The van der Waals surface area contributed by atoms with E-state index in [2.05, 4.69) is 0 Å². The number of benzene rings is 1. The first-order valence-electron chi connectivity index (χ1n) is 10.2. The molecule has 2 heterocycles. The molecule has 1 aromatic rings. The van der Waals surface area contributed by atoms with E-state index in [-0.39, 0.29) is 6.61 Å². The first-order valence-corrected chi connectivity index (χ1v) is 10.2. The number of aliphatic hydroxyl groups is 7. The maximum absolute atomic E-state index is 12.4. The van der Waals surface area contributed by atoms with E-state index < -0.39 is 81.1 Å². The van der Waals surface area contributed by atoms with Crippen LogP contribution in [0.1, 0.15) is 11.7 Å². The Labute approximate surface area is 183 Å². The Morgan fingerprint density at radius 2 is 1.53 bits per heavy atom. The number of aliphatic hydroxyl groups excluding tert-OH is 7. The van der Waals surface area contributed by atoms with Crippen LogP contribution in [-0.2, 0) is 14.2 Å². The molecule has 32 heavy (non-hydrogen) atoms. The molecule has 0 amide bonds. The minimum atomic E-state index is -1.75. The van der Waals surface area contributed by atoms with Crippen LogP contribution in [0.5, 0.6) is 5.75 Å². The molecule has 0 bridgehead atoms. The minimum absolute atomic E-state index is 0.168. The van der Waals surface area contributed by atoms with Gasteiger partial charge in [0, 0.05) is 0 Å². The predicted molar refractivity (Wildman–Crippen MR) is 103 cm³/mol. The fourth-order valence-corrected chi connectivity index (χ4v) is 3.80. The number of ether oxygens (including phenoxy) is 4. The summed E-state index contributed by atoms with van der Waals surface area (Å²) < 4.78 is 34.1. The molecule has 0 aromatic heterocycles. The van der Waals surface area contributed by atoms with Gasteiger partial charge < -0.3 is 54.7 Å². The van der Waals surface area contributed by atoms with Crippen molar-refractivity contribution in [2.75, 3.05) is 26.5 Å². The average Bonchev–Trinajstić information content (AvgIpc) is 2.80. The predicted octanol–water partition coefficient (Wildman–Crippen LogP) is -2.63.